The third-order valence-corrected chi connectivity index (χ3v) is 2.32. The smallest absolute Gasteiger partial charge is 0.303 e. The standard InChI is InChI=1S/C12H24N2O3/c1-9(8-14(4)5)13-10(15)6-12(2,3)7-11(16)17/h9H,6-8H2,1-5H3,(H,13,15)(H,16,17). The Bertz CT molecular complexity index is 275. The van der Waals surface area contributed by atoms with Gasteiger partial charge in [-0.15, -0.1) is 0 Å². The van der Waals surface area contributed by atoms with Crippen LogP contribution in [0, 0.1) is 5.41 Å². The first-order valence-electron chi connectivity index (χ1n) is 5.78. The third-order valence-electron chi connectivity index (χ3n) is 2.32. The molecule has 1 atom stereocenters. The Labute approximate surface area is 103 Å². The summed E-state index contributed by atoms with van der Waals surface area (Å²) in [6.45, 7) is 6.28. The van der Waals surface area contributed by atoms with Crippen molar-refractivity contribution in [1.82, 2.24) is 10.2 Å². The molecule has 0 aromatic rings. The first-order valence-corrected chi connectivity index (χ1v) is 5.78. The van der Waals surface area contributed by atoms with Crippen LogP contribution in [0.2, 0.25) is 0 Å². The highest BCUT2D eigenvalue weighted by atomic mass is 16.4. The quantitative estimate of drug-likeness (QED) is 0.699. The monoisotopic (exact) mass is 244 g/mol. The van der Waals surface area contributed by atoms with E-state index in [1.165, 1.54) is 0 Å². The van der Waals surface area contributed by atoms with Crippen molar-refractivity contribution in [1.29, 1.82) is 0 Å². The average molecular weight is 244 g/mol. The van der Waals surface area contributed by atoms with Crippen molar-refractivity contribution in [2.24, 2.45) is 5.41 Å². The van der Waals surface area contributed by atoms with Crippen LogP contribution in [-0.4, -0.2) is 48.6 Å². The lowest BCUT2D eigenvalue weighted by atomic mass is 9.85. The number of carboxylic acids is 1. The van der Waals surface area contributed by atoms with Crippen LogP contribution in [0.1, 0.15) is 33.6 Å². The maximum absolute atomic E-state index is 11.7. The summed E-state index contributed by atoms with van der Waals surface area (Å²) in [7, 11) is 3.88. The van der Waals surface area contributed by atoms with Crippen LogP contribution >= 0.6 is 0 Å². The van der Waals surface area contributed by atoms with E-state index in [4.69, 9.17) is 5.11 Å². The highest BCUT2D eigenvalue weighted by Crippen LogP contribution is 2.24. The molecule has 0 saturated carbocycles. The van der Waals surface area contributed by atoms with Crippen LogP contribution in [0.3, 0.4) is 0 Å². The van der Waals surface area contributed by atoms with Gasteiger partial charge in [-0.1, -0.05) is 13.8 Å². The number of nitrogens with one attached hydrogen (secondary N) is 1. The minimum Gasteiger partial charge on any atom is -0.481 e. The summed E-state index contributed by atoms with van der Waals surface area (Å²) < 4.78 is 0. The Hall–Kier alpha value is -1.10. The number of rotatable bonds is 7. The van der Waals surface area contributed by atoms with E-state index in [9.17, 15) is 9.59 Å². The van der Waals surface area contributed by atoms with Gasteiger partial charge in [0, 0.05) is 19.0 Å². The van der Waals surface area contributed by atoms with Gasteiger partial charge in [-0.3, -0.25) is 9.59 Å². The normalized spacial score (nSPS) is 13.5. The molecule has 2 N–H and O–H groups in total. The second-order valence-electron chi connectivity index (χ2n) is 5.64. The first kappa shape index (κ1) is 15.9. The van der Waals surface area contributed by atoms with Crippen molar-refractivity contribution >= 4 is 11.9 Å². The highest BCUT2D eigenvalue weighted by Gasteiger charge is 2.25. The Morgan fingerprint density at radius 1 is 1.29 bits per heavy atom. The summed E-state index contributed by atoms with van der Waals surface area (Å²) in [6.07, 6.45) is 0.236. The number of hydrogen-bond acceptors (Lipinski definition) is 3. The van der Waals surface area contributed by atoms with Crippen LogP contribution in [0.5, 0.6) is 0 Å². The fourth-order valence-corrected chi connectivity index (χ4v) is 1.83. The van der Waals surface area contributed by atoms with Crippen molar-refractivity contribution in [3.05, 3.63) is 0 Å². The molecule has 0 aliphatic carbocycles. The van der Waals surface area contributed by atoms with Gasteiger partial charge in [0.25, 0.3) is 0 Å². The summed E-state index contributed by atoms with van der Waals surface area (Å²) in [5.74, 6) is -0.963. The summed E-state index contributed by atoms with van der Waals surface area (Å²) >= 11 is 0. The lowest BCUT2D eigenvalue weighted by Crippen LogP contribution is -2.41. The molecule has 1 unspecified atom stereocenters. The van der Waals surface area contributed by atoms with Crippen molar-refractivity contribution in [3.63, 3.8) is 0 Å². The largest absolute Gasteiger partial charge is 0.481 e. The lowest BCUT2D eigenvalue weighted by Gasteiger charge is -2.24. The Morgan fingerprint density at radius 3 is 2.24 bits per heavy atom. The molecule has 5 heteroatoms. The molecule has 0 aromatic heterocycles. The van der Waals surface area contributed by atoms with Crippen LogP contribution in [0.25, 0.3) is 0 Å². The minimum atomic E-state index is -0.871. The van der Waals surface area contributed by atoms with Crippen LogP contribution in [0.15, 0.2) is 0 Å². The van der Waals surface area contributed by atoms with Gasteiger partial charge in [-0.2, -0.15) is 0 Å². The van der Waals surface area contributed by atoms with E-state index in [0.29, 0.717) is 0 Å². The lowest BCUT2D eigenvalue weighted by molar-refractivity contribution is -0.139. The van der Waals surface area contributed by atoms with E-state index in [2.05, 4.69) is 5.32 Å². The maximum atomic E-state index is 11.7. The fraction of sp³-hybridized carbons (Fsp3) is 0.833. The molecule has 0 heterocycles. The number of carbonyl (C=O) groups is 2. The number of hydrogen-bond donors (Lipinski definition) is 2. The molecule has 0 saturated heterocycles. The molecule has 0 aromatic carbocycles. The summed E-state index contributed by atoms with van der Waals surface area (Å²) in [4.78, 5) is 24.3. The van der Waals surface area contributed by atoms with E-state index in [1.807, 2.05) is 25.9 Å². The number of carboxylic acid groups (broad SMARTS) is 1. The molecular weight excluding hydrogens is 220 g/mol. The van der Waals surface area contributed by atoms with Gasteiger partial charge >= 0.3 is 5.97 Å². The second-order valence-corrected chi connectivity index (χ2v) is 5.64. The van der Waals surface area contributed by atoms with Crippen molar-refractivity contribution < 1.29 is 14.7 Å². The van der Waals surface area contributed by atoms with Crippen LogP contribution in [-0.2, 0) is 9.59 Å². The first-order chi connectivity index (χ1) is 7.62. The molecule has 0 fully saturated rings. The molecule has 0 spiro atoms. The van der Waals surface area contributed by atoms with E-state index in [0.717, 1.165) is 6.54 Å². The zero-order chi connectivity index (χ0) is 13.6. The van der Waals surface area contributed by atoms with Crippen LogP contribution < -0.4 is 5.32 Å². The number of amides is 1. The van der Waals surface area contributed by atoms with Gasteiger partial charge in [0.15, 0.2) is 0 Å². The molecular formula is C12H24N2O3. The molecule has 100 valence electrons. The van der Waals surface area contributed by atoms with Crippen molar-refractivity contribution in [2.45, 2.75) is 39.7 Å². The topological polar surface area (TPSA) is 69.6 Å². The zero-order valence-electron chi connectivity index (χ0n) is 11.4. The van der Waals surface area contributed by atoms with Gasteiger partial charge in [-0.05, 0) is 26.4 Å². The Morgan fingerprint density at radius 2 is 1.82 bits per heavy atom. The minimum absolute atomic E-state index is 0.00246. The maximum Gasteiger partial charge on any atom is 0.303 e. The van der Waals surface area contributed by atoms with E-state index in [-0.39, 0.29) is 24.8 Å². The Kier molecular flexibility index (Phi) is 6.16. The predicted molar refractivity (Wildman–Crippen MR) is 66.8 cm³/mol. The zero-order valence-corrected chi connectivity index (χ0v) is 11.4. The van der Waals surface area contributed by atoms with Crippen molar-refractivity contribution in [3.8, 4) is 0 Å². The van der Waals surface area contributed by atoms with Gasteiger partial charge < -0.3 is 15.3 Å². The molecule has 0 radical (unpaired) electrons. The Balaban J connectivity index is 4.12. The van der Waals surface area contributed by atoms with E-state index >= 15 is 0 Å². The highest BCUT2D eigenvalue weighted by molar-refractivity contribution is 5.78. The molecule has 5 nitrogen and oxygen atoms in total. The molecule has 0 aliphatic heterocycles. The van der Waals surface area contributed by atoms with Gasteiger partial charge in [0.2, 0.25) is 5.91 Å². The molecule has 17 heavy (non-hydrogen) atoms. The molecule has 1 amide bonds. The molecule has 0 rings (SSSR count). The predicted octanol–water partition coefficient (Wildman–Crippen LogP) is 0.944. The fourth-order valence-electron chi connectivity index (χ4n) is 1.83. The average Bonchev–Trinajstić information content (AvgIpc) is 1.95. The summed E-state index contributed by atoms with van der Waals surface area (Å²) in [5.41, 5.74) is -0.506. The van der Waals surface area contributed by atoms with E-state index < -0.39 is 11.4 Å². The third kappa shape index (κ3) is 8.68. The molecule has 0 aliphatic rings. The number of nitrogens with zero attached hydrogens (tertiary/aromatic N) is 1. The summed E-state index contributed by atoms with van der Waals surface area (Å²) in [6, 6.07) is 0.0677. The SMILES string of the molecule is CC(CN(C)C)NC(=O)CC(C)(C)CC(=O)O. The van der Waals surface area contributed by atoms with Gasteiger partial charge in [0.05, 0.1) is 6.42 Å². The van der Waals surface area contributed by atoms with E-state index in [1.54, 1.807) is 13.8 Å². The van der Waals surface area contributed by atoms with Crippen molar-refractivity contribution in [2.75, 3.05) is 20.6 Å². The number of aliphatic carboxylic acids is 1. The van der Waals surface area contributed by atoms with Gasteiger partial charge in [-0.25, -0.2) is 0 Å². The number of carbonyl (C=O) groups excluding carboxylic acids is 1. The molecule has 0 bridgehead atoms. The van der Waals surface area contributed by atoms with Crippen LogP contribution in [0.4, 0.5) is 0 Å². The summed E-state index contributed by atoms with van der Waals surface area (Å²) in [5, 5.41) is 11.6. The second kappa shape index (κ2) is 6.59. The number of likely N-dealkylation sites (N-methyl/N-ethyl adjacent to an activating group) is 1. The van der Waals surface area contributed by atoms with Gasteiger partial charge in [0.1, 0.15) is 0 Å².